The van der Waals surface area contributed by atoms with Gasteiger partial charge in [0.25, 0.3) is 5.91 Å². The molecule has 0 spiro atoms. The molecule has 0 bridgehead atoms. The molecular formula is C16H17ClN2O3. The number of hydrogen-bond acceptors (Lipinski definition) is 3. The predicted octanol–water partition coefficient (Wildman–Crippen LogP) is 2.93. The molecule has 0 saturated heterocycles. The van der Waals surface area contributed by atoms with Gasteiger partial charge in [0.2, 0.25) is 5.91 Å². The summed E-state index contributed by atoms with van der Waals surface area (Å²) in [5.74, 6) is -0.249. The van der Waals surface area contributed by atoms with Crippen LogP contribution in [0.2, 0.25) is 5.02 Å². The summed E-state index contributed by atoms with van der Waals surface area (Å²) in [5, 5.41) is 6.11. The molecule has 2 amide bonds. The van der Waals surface area contributed by atoms with Crippen LogP contribution in [-0.4, -0.2) is 18.4 Å². The standard InChI is InChI=1S/C16H17ClN2O3/c1-11(12-4-2-5-13(17)10-12)19-15(20)7-8-18-16(21)14-6-3-9-22-14/h2-6,9-11H,7-8H2,1H3,(H,18,21)(H,19,20). The summed E-state index contributed by atoms with van der Waals surface area (Å²) in [5.41, 5.74) is 0.931. The Kier molecular flexibility index (Phi) is 5.61. The van der Waals surface area contributed by atoms with Crippen LogP contribution in [0.25, 0.3) is 0 Å². The van der Waals surface area contributed by atoms with Crippen molar-refractivity contribution < 1.29 is 14.0 Å². The van der Waals surface area contributed by atoms with Gasteiger partial charge in [0.1, 0.15) is 0 Å². The van der Waals surface area contributed by atoms with E-state index < -0.39 is 0 Å². The number of furan rings is 1. The van der Waals surface area contributed by atoms with Gasteiger partial charge in [0.05, 0.1) is 12.3 Å². The molecule has 2 N–H and O–H groups in total. The molecule has 1 heterocycles. The van der Waals surface area contributed by atoms with E-state index in [-0.39, 0.29) is 36.6 Å². The van der Waals surface area contributed by atoms with Crippen LogP contribution in [0.15, 0.2) is 47.1 Å². The Labute approximate surface area is 133 Å². The minimum absolute atomic E-state index is 0.146. The molecule has 2 rings (SSSR count). The molecule has 1 unspecified atom stereocenters. The number of hydrogen-bond donors (Lipinski definition) is 2. The third kappa shape index (κ3) is 4.63. The molecule has 0 aliphatic carbocycles. The number of halogens is 1. The maximum Gasteiger partial charge on any atom is 0.286 e. The van der Waals surface area contributed by atoms with Gasteiger partial charge in [-0.15, -0.1) is 0 Å². The van der Waals surface area contributed by atoms with E-state index in [4.69, 9.17) is 16.0 Å². The number of nitrogens with one attached hydrogen (secondary N) is 2. The van der Waals surface area contributed by atoms with Crippen molar-refractivity contribution in [2.45, 2.75) is 19.4 Å². The van der Waals surface area contributed by atoms with Crippen LogP contribution in [0.1, 0.15) is 35.5 Å². The first-order valence-electron chi connectivity index (χ1n) is 6.93. The third-order valence-electron chi connectivity index (χ3n) is 3.11. The van der Waals surface area contributed by atoms with Crippen molar-refractivity contribution in [3.8, 4) is 0 Å². The van der Waals surface area contributed by atoms with Crippen LogP contribution in [-0.2, 0) is 4.79 Å². The molecule has 0 saturated carbocycles. The highest BCUT2D eigenvalue weighted by atomic mass is 35.5. The van der Waals surface area contributed by atoms with Crippen LogP contribution in [0.4, 0.5) is 0 Å². The van der Waals surface area contributed by atoms with E-state index in [2.05, 4.69) is 10.6 Å². The van der Waals surface area contributed by atoms with Crippen molar-refractivity contribution in [1.29, 1.82) is 0 Å². The third-order valence-corrected chi connectivity index (χ3v) is 3.34. The van der Waals surface area contributed by atoms with Crippen LogP contribution in [0, 0.1) is 0 Å². The van der Waals surface area contributed by atoms with E-state index in [1.165, 1.54) is 6.26 Å². The van der Waals surface area contributed by atoms with Crippen molar-refractivity contribution in [3.63, 3.8) is 0 Å². The molecule has 0 aliphatic heterocycles. The molecule has 5 nitrogen and oxygen atoms in total. The van der Waals surface area contributed by atoms with Gasteiger partial charge >= 0.3 is 0 Å². The molecule has 22 heavy (non-hydrogen) atoms. The minimum atomic E-state index is -0.333. The van der Waals surface area contributed by atoms with E-state index in [0.717, 1.165) is 5.56 Å². The topological polar surface area (TPSA) is 71.3 Å². The van der Waals surface area contributed by atoms with Crippen molar-refractivity contribution in [2.24, 2.45) is 0 Å². The summed E-state index contributed by atoms with van der Waals surface area (Å²) in [4.78, 5) is 23.5. The largest absolute Gasteiger partial charge is 0.459 e. The normalized spacial score (nSPS) is 11.7. The zero-order chi connectivity index (χ0) is 15.9. The fraction of sp³-hybridized carbons (Fsp3) is 0.250. The summed E-state index contributed by atoms with van der Waals surface area (Å²) >= 11 is 5.92. The Hall–Kier alpha value is -2.27. The first-order valence-corrected chi connectivity index (χ1v) is 7.30. The number of rotatable bonds is 6. The Balaban J connectivity index is 1.75. The van der Waals surface area contributed by atoms with Gasteiger partial charge in [-0.3, -0.25) is 9.59 Å². The Morgan fingerprint density at radius 3 is 2.77 bits per heavy atom. The van der Waals surface area contributed by atoms with Gasteiger partial charge in [-0.2, -0.15) is 0 Å². The first kappa shape index (κ1) is 16.1. The molecule has 1 aromatic heterocycles. The summed E-state index contributed by atoms with van der Waals surface area (Å²) in [6, 6.07) is 10.4. The second-order valence-corrected chi connectivity index (χ2v) is 5.26. The fourth-order valence-corrected chi connectivity index (χ4v) is 2.16. The van der Waals surface area contributed by atoms with E-state index in [1.54, 1.807) is 18.2 Å². The lowest BCUT2D eigenvalue weighted by atomic mass is 10.1. The summed E-state index contributed by atoms with van der Waals surface area (Å²) < 4.78 is 4.96. The van der Waals surface area contributed by atoms with E-state index in [9.17, 15) is 9.59 Å². The zero-order valence-electron chi connectivity index (χ0n) is 12.1. The van der Waals surface area contributed by atoms with Crippen molar-refractivity contribution in [1.82, 2.24) is 10.6 Å². The molecule has 1 atom stereocenters. The predicted molar refractivity (Wildman–Crippen MR) is 83.7 cm³/mol. The van der Waals surface area contributed by atoms with E-state index >= 15 is 0 Å². The lowest BCUT2D eigenvalue weighted by Crippen LogP contribution is -2.31. The fourth-order valence-electron chi connectivity index (χ4n) is 1.96. The van der Waals surface area contributed by atoms with Gasteiger partial charge in [-0.1, -0.05) is 23.7 Å². The summed E-state index contributed by atoms with van der Waals surface area (Å²) in [7, 11) is 0. The highest BCUT2D eigenvalue weighted by Gasteiger charge is 2.11. The van der Waals surface area contributed by atoms with Gasteiger partial charge in [0.15, 0.2) is 5.76 Å². The number of amides is 2. The molecule has 0 radical (unpaired) electrons. The molecule has 0 aliphatic rings. The summed E-state index contributed by atoms with van der Waals surface area (Å²) in [6.07, 6.45) is 1.62. The molecule has 1 aromatic carbocycles. The molecule has 6 heteroatoms. The second kappa shape index (κ2) is 7.66. The molecule has 0 fully saturated rings. The average molecular weight is 321 g/mol. The van der Waals surface area contributed by atoms with Crippen LogP contribution in [0.5, 0.6) is 0 Å². The van der Waals surface area contributed by atoms with Crippen LogP contribution >= 0.6 is 11.6 Å². The highest BCUT2D eigenvalue weighted by molar-refractivity contribution is 6.30. The number of carbonyl (C=O) groups is 2. The molecule has 116 valence electrons. The van der Waals surface area contributed by atoms with Crippen molar-refractivity contribution >= 4 is 23.4 Å². The Bertz CT molecular complexity index is 641. The van der Waals surface area contributed by atoms with E-state index in [0.29, 0.717) is 5.02 Å². The quantitative estimate of drug-likeness (QED) is 0.859. The smallest absolute Gasteiger partial charge is 0.286 e. The van der Waals surface area contributed by atoms with Crippen molar-refractivity contribution in [2.75, 3.05) is 6.54 Å². The lowest BCUT2D eigenvalue weighted by molar-refractivity contribution is -0.121. The SMILES string of the molecule is CC(NC(=O)CCNC(=O)c1ccco1)c1cccc(Cl)c1. The maximum absolute atomic E-state index is 11.9. The lowest BCUT2D eigenvalue weighted by Gasteiger charge is -2.14. The average Bonchev–Trinajstić information content (AvgIpc) is 3.01. The van der Waals surface area contributed by atoms with Crippen molar-refractivity contribution in [3.05, 3.63) is 59.0 Å². The molecule has 2 aromatic rings. The minimum Gasteiger partial charge on any atom is -0.459 e. The van der Waals surface area contributed by atoms with Gasteiger partial charge in [-0.25, -0.2) is 0 Å². The summed E-state index contributed by atoms with van der Waals surface area (Å²) in [6.45, 7) is 2.12. The Morgan fingerprint density at radius 1 is 1.27 bits per heavy atom. The second-order valence-electron chi connectivity index (χ2n) is 4.83. The van der Waals surface area contributed by atoms with Gasteiger partial charge in [0, 0.05) is 18.0 Å². The zero-order valence-corrected chi connectivity index (χ0v) is 12.9. The monoisotopic (exact) mass is 320 g/mol. The van der Waals surface area contributed by atoms with Crippen LogP contribution in [0.3, 0.4) is 0 Å². The highest BCUT2D eigenvalue weighted by Crippen LogP contribution is 2.17. The Morgan fingerprint density at radius 2 is 2.09 bits per heavy atom. The van der Waals surface area contributed by atoms with E-state index in [1.807, 2.05) is 25.1 Å². The van der Waals surface area contributed by atoms with Gasteiger partial charge < -0.3 is 15.1 Å². The first-order chi connectivity index (χ1) is 10.6. The van der Waals surface area contributed by atoms with Crippen LogP contribution < -0.4 is 10.6 Å². The number of benzene rings is 1. The molecular weight excluding hydrogens is 304 g/mol. The number of carbonyl (C=O) groups excluding carboxylic acids is 2. The van der Waals surface area contributed by atoms with Gasteiger partial charge in [-0.05, 0) is 36.8 Å². The maximum atomic E-state index is 11.9.